The van der Waals surface area contributed by atoms with Crippen molar-refractivity contribution < 1.29 is 9.47 Å². The maximum absolute atomic E-state index is 5.48. The monoisotopic (exact) mass is 203 g/mol. The number of hydrogen-bond acceptors (Lipinski definition) is 3. The van der Waals surface area contributed by atoms with Crippen LogP contribution < -0.4 is 14.8 Å². The highest BCUT2D eigenvalue weighted by Crippen LogP contribution is 2.30. The Labute approximate surface area is 89.4 Å². The fraction of sp³-hybridized carbons (Fsp3) is 0.333. The quantitative estimate of drug-likeness (QED) is 0.591. The Bertz CT molecular complexity index is 382. The van der Waals surface area contributed by atoms with E-state index in [9.17, 15) is 0 Å². The molecule has 0 fully saturated rings. The second-order valence-corrected chi connectivity index (χ2v) is 3.29. The summed E-state index contributed by atoms with van der Waals surface area (Å²) in [7, 11) is 0. The van der Waals surface area contributed by atoms with E-state index >= 15 is 0 Å². The standard InChI is InChI=1S/C12H13NO2/c1-2-5-13-9-10-3-4-11-12(8-10)15-7-6-14-11/h1,3-4,8,13H,5-7,9H2. The van der Waals surface area contributed by atoms with Gasteiger partial charge < -0.3 is 14.8 Å². The van der Waals surface area contributed by atoms with Gasteiger partial charge in [0.25, 0.3) is 0 Å². The molecule has 0 amide bonds. The molecule has 0 spiro atoms. The molecule has 1 heterocycles. The first-order chi connectivity index (χ1) is 7.40. The van der Waals surface area contributed by atoms with Crippen LogP contribution in [-0.2, 0) is 6.54 Å². The van der Waals surface area contributed by atoms with Crippen molar-refractivity contribution in [3.05, 3.63) is 23.8 Å². The normalized spacial score (nSPS) is 13.3. The lowest BCUT2D eigenvalue weighted by molar-refractivity contribution is 0.171. The van der Waals surface area contributed by atoms with Crippen molar-refractivity contribution in [3.8, 4) is 23.8 Å². The van der Waals surface area contributed by atoms with Crippen LogP contribution in [0.3, 0.4) is 0 Å². The van der Waals surface area contributed by atoms with Gasteiger partial charge in [0.2, 0.25) is 0 Å². The van der Waals surface area contributed by atoms with Gasteiger partial charge in [-0.05, 0) is 17.7 Å². The molecule has 0 atom stereocenters. The van der Waals surface area contributed by atoms with Crippen molar-refractivity contribution in [2.24, 2.45) is 0 Å². The van der Waals surface area contributed by atoms with Gasteiger partial charge in [-0.25, -0.2) is 0 Å². The van der Waals surface area contributed by atoms with Crippen molar-refractivity contribution in [2.45, 2.75) is 6.54 Å². The number of rotatable bonds is 3. The number of benzene rings is 1. The van der Waals surface area contributed by atoms with Crippen molar-refractivity contribution in [2.75, 3.05) is 19.8 Å². The van der Waals surface area contributed by atoms with Crippen molar-refractivity contribution in [1.82, 2.24) is 5.32 Å². The first kappa shape index (κ1) is 9.88. The highest BCUT2D eigenvalue weighted by molar-refractivity contribution is 5.43. The number of hydrogen-bond donors (Lipinski definition) is 1. The molecule has 0 aromatic heterocycles. The lowest BCUT2D eigenvalue weighted by atomic mass is 10.2. The zero-order valence-corrected chi connectivity index (χ0v) is 8.45. The molecule has 0 aliphatic carbocycles. The largest absolute Gasteiger partial charge is 0.486 e. The minimum atomic E-state index is 0.578. The Hall–Kier alpha value is -1.66. The summed E-state index contributed by atoms with van der Waals surface area (Å²) in [4.78, 5) is 0. The van der Waals surface area contributed by atoms with E-state index < -0.39 is 0 Å². The highest BCUT2D eigenvalue weighted by atomic mass is 16.6. The van der Waals surface area contributed by atoms with Crippen LogP contribution in [0.2, 0.25) is 0 Å². The Morgan fingerprint density at radius 2 is 2.07 bits per heavy atom. The summed E-state index contributed by atoms with van der Waals surface area (Å²) in [5, 5.41) is 3.13. The third kappa shape index (κ3) is 2.42. The lowest BCUT2D eigenvalue weighted by Gasteiger charge is -2.18. The second-order valence-electron chi connectivity index (χ2n) is 3.29. The number of fused-ring (bicyclic) bond motifs is 1. The summed E-state index contributed by atoms with van der Waals surface area (Å²) in [5.74, 6) is 4.18. The van der Waals surface area contributed by atoms with Gasteiger partial charge in [-0.2, -0.15) is 0 Å². The molecular weight excluding hydrogens is 190 g/mol. The lowest BCUT2D eigenvalue weighted by Crippen LogP contribution is -2.16. The fourth-order valence-corrected chi connectivity index (χ4v) is 1.48. The molecule has 1 aromatic rings. The topological polar surface area (TPSA) is 30.5 Å². The Kier molecular flexibility index (Phi) is 3.11. The average Bonchev–Trinajstić information content (AvgIpc) is 2.29. The Morgan fingerprint density at radius 1 is 1.27 bits per heavy atom. The summed E-state index contributed by atoms with van der Waals surface area (Å²) >= 11 is 0. The molecular formula is C12H13NO2. The van der Waals surface area contributed by atoms with E-state index in [-0.39, 0.29) is 0 Å². The minimum Gasteiger partial charge on any atom is -0.486 e. The van der Waals surface area contributed by atoms with E-state index in [2.05, 4.69) is 11.2 Å². The van der Waals surface area contributed by atoms with Crippen LogP contribution in [0, 0.1) is 12.3 Å². The molecule has 3 nitrogen and oxygen atoms in total. The number of nitrogens with one attached hydrogen (secondary N) is 1. The van der Waals surface area contributed by atoms with Crippen LogP contribution >= 0.6 is 0 Å². The summed E-state index contributed by atoms with van der Waals surface area (Å²) in [6.45, 7) is 2.57. The van der Waals surface area contributed by atoms with E-state index in [0.717, 1.165) is 23.6 Å². The molecule has 78 valence electrons. The molecule has 15 heavy (non-hydrogen) atoms. The van der Waals surface area contributed by atoms with Crippen LogP contribution in [0.15, 0.2) is 18.2 Å². The summed E-state index contributed by atoms with van der Waals surface area (Å²) in [5.41, 5.74) is 1.15. The zero-order valence-electron chi connectivity index (χ0n) is 8.45. The molecule has 1 N–H and O–H groups in total. The van der Waals surface area contributed by atoms with Crippen LogP contribution in [-0.4, -0.2) is 19.8 Å². The van der Waals surface area contributed by atoms with E-state index in [1.165, 1.54) is 0 Å². The molecule has 2 rings (SSSR count). The van der Waals surface area contributed by atoms with Crippen molar-refractivity contribution in [1.29, 1.82) is 0 Å². The van der Waals surface area contributed by atoms with E-state index in [0.29, 0.717) is 19.8 Å². The molecule has 1 aliphatic heterocycles. The van der Waals surface area contributed by atoms with Gasteiger partial charge in [-0.1, -0.05) is 12.0 Å². The Balaban J connectivity index is 2.04. The molecule has 1 aliphatic rings. The Morgan fingerprint density at radius 3 is 2.87 bits per heavy atom. The third-order valence-corrected chi connectivity index (χ3v) is 2.16. The van der Waals surface area contributed by atoms with E-state index in [1.807, 2.05) is 18.2 Å². The van der Waals surface area contributed by atoms with Gasteiger partial charge in [0.1, 0.15) is 13.2 Å². The zero-order chi connectivity index (χ0) is 10.5. The van der Waals surface area contributed by atoms with E-state index in [1.54, 1.807) is 0 Å². The smallest absolute Gasteiger partial charge is 0.161 e. The second kappa shape index (κ2) is 4.72. The molecule has 0 saturated carbocycles. The summed E-state index contributed by atoms with van der Waals surface area (Å²) < 4.78 is 10.9. The third-order valence-electron chi connectivity index (χ3n) is 2.16. The fourth-order valence-electron chi connectivity index (χ4n) is 1.48. The van der Waals surface area contributed by atoms with Crippen LogP contribution in [0.25, 0.3) is 0 Å². The van der Waals surface area contributed by atoms with E-state index in [4.69, 9.17) is 15.9 Å². The molecule has 3 heteroatoms. The summed E-state index contributed by atoms with van der Waals surface area (Å²) in [6, 6.07) is 5.93. The molecule has 0 unspecified atom stereocenters. The van der Waals surface area contributed by atoms with Gasteiger partial charge in [0, 0.05) is 6.54 Å². The maximum atomic E-state index is 5.48. The minimum absolute atomic E-state index is 0.578. The maximum Gasteiger partial charge on any atom is 0.161 e. The van der Waals surface area contributed by atoms with Gasteiger partial charge in [-0.3, -0.25) is 0 Å². The first-order valence-corrected chi connectivity index (χ1v) is 4.93. The van der Waals surface area contributed by atoms with Crippen LogP contribution in [0.5, 0.6) is 11.5 Å². The molecule has 0 radical (unpaired) electrons. The first-order valence-electron chi connectivity index (χ1n) is 4.93. The van der Waals surface area contributed by atoms with Gasteiger partial charge >= 0.3 is 0 Å². The molecule has 1 aromatic carbocycles. The van der Waals surface area contributed by atoms with Gasteiger partial charge in [0.15, 0.2) is 11.5 Å². The predicted molar refractivity (Wildman–Crippen MR) is 58.0 cm³/mol. The van der Waals surface area contributed by atoms with Crippen molar-refractivity contribution in [3.63, 3.8) is 0 Å². The average molecular weight is 203 g/mol. The number of ether oxygens (including phenoxy) is 2. The van der Waals surface area contributed by atoms with Gasteiger partial charge in [0.05, 0.1) is 6.54 Å². The van der Waals surface area contributed by atoms with Crippen molar-refractivity contribution >= 4 is 0 Å². The van der Waals surface area contributed by atoms with Crippen LogP contribution in [0.4, 0.5) is 0 Å². The number of terminal acetylenes is 1. The van der Waals surface area contributed by atoms with Crippen LogP contribution in [0.1, 0.15) is 5.56 Å². The molecule has 0 saturated heterocycles. The highest BCUT2D eigenvalue weighted by Gasteiger charge is 2.10. The predicted octanol–water partition coefficient (Wildman–Crippen LogP) is 1.18. The summed E-state index contributed by atoms with van der Waals surface area (Å²) in [6.07, 6.45) is 5.15. The molecule has 0 bridgehead atoms. The SMILES string of the molecule is C#CCNCc1ccc2c(c1)OCCO2. The van der Waals surface area contributed by atoms with Gasteiger partial charge in [-0.15, -0.1) is 6.42 Å².